The average Bonchev–Trinajstić information content (AvgIpc) is 3.27. The van der Waals surface area contributed by atoms with Gasteiger partial charge in [-0.25, -0.2) is 13.1 Å². The van der Waals surface area contributed by atoms with Crippen LogP contribution < -0.4 is 40.0 Å². The maximum absolute atomic E-state index is 12.5. The van der Waals surface area contributed by atoms with Gasteiger partial charge in [0.2, 0.25) is 0 Å². The first kappa shape index (κ1) is 42.4. The molecule has 0 saturated carbocycles. The number of hydrogen-bond acceptors (Lipinski definition) is 9. The first-order valence-corrected chi connectivity index (χ1v) is 18.9. The summed E-state index contributed by atoms with van der Waals surface area (Å²) in [5.41, 5.74) is 3.77. The van der Waals surface area contributed by atoms with Crippen molar-refractivity contribution in [2.75, 3.05) is 43.8 Å². The van der Waals surface area contributed by atoms with Gasteiger partial charge in [0.25, 0.3) is 15.7 Å². The van der Waals surface area contributed by atoms with Crippen molar-refractivity contribution in [2.45, 2.75) is 38.1 Å². The molecule has 12 nitrogen and oxygen atoms in total. The van der Waals surface area contributed by atoms with Crippen molar-refractivity contribution >= 4 is 25.9 Å². The van der Waals surface area contributed by atoms with E-state index in [1.165, 1.54) is 40.6 Å². The summed E-state index contributed by atoms with van der Waals surface area (Å²) in [6, 6.07) is 30.7. The second-order valence-electron chi connectivity index (χ2n) is 11.6. The van der Waals surface area contributed by atoms with Gasteiger partial charge in [0.05, 0.1) is 23.2 Å². The third-order valence-corrected chi connectivity index (χ3v) is 8.81. The molecule has 1 saturated heterocycles. The largest absolute Gasteiger partial charge is 1.00 e. The van der Waals surface area contributed by atoms with E-state index in [1.807, 2.05) is 6.07 Å². The van der Waals surface area contributed by atoms with E-state index >= 15 is 0 Å². The fourth-order valence-electron chi connectivity index (χ4n) is 6.14. The molecule has 3 aromatic carbocycles. The van der Waals surface area contributed by atoms with Crippen molar-refractivity contribution in [2.24, 2.45) is 7.05 Å². The fraction of sp³-hybridized carbons (Fsp3) is 0.382. The summed E-state index contributed by atoms with van der Waals surface area (Å²) in [6.45, 7) is 4.00. The summed E-state index contributed by atoms with van der Waals surface area (Å²) >= 11 is 0. The van der Waals surface area contributed by atoms with Crippen LogP contribution in [0.2, 0.25) is 0 Å². The minimum absolute atomic E-state index is 0. The van der Waals surface area contributed by atoms with Crippen LogP contribution in [-0.2, 0) is 32.8 Å². The molecule has 0 amide bonds. The van der Waals surface area contributed by atoms with E-state index in [9.17, 15) is 31.3 Å². The monoisotopic (exact) mass is 724 g/mol. The smallest absolute Gasteiger partial charge is 0.747 e. The summed E-state index contributed by atoms with van der Waals surface area (Å²) < 4.78 is 61.6. The molecular formula is C34H45N4NaO8S2. The summed E-state index contributed by atoms with van der Waals surface area (Å²) in [6.07, 6.45) is 5.19. The molecule has 0 bridgehead atoms. The predicted octanol–water partition coefficient (Wildman–Crippen LogP) is 0.730. The van der Waals surface area contributed by atoms with Crippen LogP contribution in [0.1, 0.15) is 42.5 Å². The molecule has 0 radical (unpaired) electrons. The van der Waals surface area contributed by atoms with Gasteiger partial charge < -0.3 is 14.6 Å². The van der Waals surface area contributed by atoms with E-state index in [1.54, 1.807) is 42.9 Å². The Labute approximate surface area is 311 Å². The number of piperidine rings is 1. The molecule has 1 aliphatic rings. The third kappa shape index (κ3) is 11.9. The third-order valence-electron chi connectivity index (χ3n) is 8.10. The van der Waals surface area contributed by atoms with Gasteiger partial charge in [-0.3, -0.25) is 18.9 Å². The van der Waals surface area contributed by atoms with E-state index in [4.69, 9.17) is 4.55 Å². The molecule has 15 heteroatoms. The van der Waals surface area contributed by atoms with Gasteiger partial charge in [-0.05, 0) is 62.4 Å². The van der Waals surface area contributed by atoms with E-state index in [2.05, 4.69) is 65.6 Å². The number of aliphatic hydroxyl groups excluding tert-OH is 1. The molecule has 0 spiro atoms. The minimum atomic E-state index is -4.45. The minimum Gasteiger partial charge on any atom is -0.747 e. The Morgan fingerprint density at radius 1 is 0.878 bits per heavy atom. The molecule has 1 aromatic heterocycles. The molecule has 0 unspecified atom stereocenters. The SMILES string of the molecule is CS(=O)(=O)O.Cc1c(N(C)CS(=O)(=O)[O-])c(=O)n(-c2ccccc2)n1C.OCCCN1CCCCC1(c1ccccc1)c1ccccc1.[Na+]. The Hall–Kier alpha value is -2.79. The summed E-state index contributed by atoms with van der Waals surface area (Å²) in [7, 11) is -5.01. The zero-order valence-electron chi connectivity index (χ0n) is 28.8. The van der Waals surface area contributed by atoms with Gasteiger partial charge >= 0.3 is 29.6 Å². The van der Waals surface area contributed by atoms with E-state index in [0.29, 0.717) is 17.6 Å². The fourth-order valence-corrected chi connectivity index (χ4v) is 6.74. The standard InChI is InChI=1S/C20H25NO.C13H17N3O4S.CH4O3S.Na/c22-17-9-16-21-15-8-7-14-20(21,18-10-3-1-4-11-18)19-12-5-2-6-13-19;1-10-12(14(2)9-21(18,19)20)13(17)16(15(10)3)11-7-5-4-6-8-11;1-5(2,3)4;/h1-6,10-13,22H,7-9,14-17H2;4-8H,9H2,1-3H3,(H,18,19,20);1H3,(H,2,3,4);/q;;;+1/p-1. The first-order chi connectivity index (χ1) is 22.6. The molecule has 2 N–H and O–H groups in total. The van der Waals surface area contributed by atoms with Crippen LogP contribution in [0.25, 0.3) is 5.69 Å². The number of aromatic nitrogens is 2. The summed E-state index contributed by atoms with van der Waals surface area (Å²) in [5.74, 6) is -0.748. The number of anilines is 1. The van der Waals surface area contributed by atoms with Gasteiger partial charge in [0, 0.05) is 27.2 Å². The number of likely N-dealkylation sites (tertiary alicyclic amines) is 1. The van der Waals surface area contributed by atoms with Crippen molar-refractivity contribution in [3.8, 4) is 5.69 Å². The molecule has 0 atom stereocenters. The Morgan fingerprint density at radius 2 is 1.35 bits per heavy atom. The average molecular weight is 725 g/mol. The van der Waals surface area contributed by atoms with Crippen molar-refractivity contribution < 1.29 is 60.6 Å². The number of hydrogen-bond donors (Lipinski definition) is 2. The Kier molecular flexibility index (Phi) is 16.4. The van der Waals surface area contributed by atoms with Crippen molar-refractivity contribution in [1.29, 1.82) is 0 Å². The zero-order valence-corrected chi connectivity index (χ0v) is 32.4. The van der Waals surface area contributed by atoms with E-state index < -0.39 is 26.1 Å². The molecule has 5 rings (SSSR count). The van der Waals surface area contributed by atoms with E-state index in [0.717, 1.165) is 25.9 Å². The maximum Gasteiger partial charge on any atom is 1.00 e. The maximum atomic E-state index is 12.5. The normalized spacial score (nSPS) is 14.3. The molecule has 49 heavy (non-hydrogen) atoms. The van der Waals surface area contributed by atoms with Crippen molar-refractivity contribution in [3.05, 3.63) is 118 Å². The number of rotatable bonds is 9. The number of aliphatic hydroxyl groups is 1. The zero-order chi connectivity index (χ0) is 35.5. The topological polar surface area (TPSA) is 165 Å². The molecular weight excluding hydrogens is 680 g/mol. The summed E-state index contributed by atoms with van der Waals surface area (Å²) in [5, 5.41) is 9.28. The second kappa shape index (κ2) is 19.0. The predicted molar refractivity (Wildman–Crippen MR) is 187 cm³/mol. The van der Waals surface area contributed by atoms with Gasteiger partial charge in [0.1, 0.15) is 21.7 Å². The molecule has 0 aliphatic carbocycles. The van der Waals surface area contributed by atoms with Crippen LogP contribution in [0.5, 0.6) is 0 Å². The number of benzene rings is 3. The Morgan fingerprint density at radius 3 is 1.80 bits per heavy atom. The van der Waals surface area contributed by atoms with Crippen LogP contribution in [0.4, 0.5) is 5.69 Å². The van der Waals surface area contributed by atoms with Gasteiger partial charge in [0.15, 0.2) is 0 Å². The number of nitrogens with zero attached hydrogens (tertiary/aromatic N) is 4. The number of para-hydroxylation sites is 1. The first-order valence-electron chi connectivity index (χ1n) is 15.5. The van der Waals surface area contributed by atoms with Crippen LogP contribution in [-0.4, -0.2) is 84.2 Å². The van der Waals surface area contributed by atoms with Crippen molar-refractivity contribution in [1.82, 2.24) is 14.3 Å². The van der Waals surface area contributed by atoms with Crippen LogP contribution >= 0.6 is 0 Å². The Bertz CT molecular complexity index is 1820. The van der Waals surface area contributed by atoms with Crippen LogP contribution in [0.3, 0.4) is 0 Å². The van der Waals surface area contributed by atoms with Gasteiger partial charge in [-0.1, -0.05) is 78.9 Å². The van der Waals surface area contributed by atoms with Crippen LogP contribution in [0.15, 0.2) is 95.8 Å². The van der Waals surface area contributed by atoms with Gasteiger partial charge in [-0.2, -0.15) is 8.42 Å². The molecule has 262 valence electrons. The molecule has 2 heterocycles. The van der Waals surface area contributed by atoms with E-state index in [-0.39, 0.29) is 52.9 Å². The Balaban J connectivity index is 0.000000294. The molecule has 1 aliphatic heterocycles. The quantitative estimate of drug-likeness (QED) is 0.186. The second-order valence-corrected chi connectivity index (χ2v) is 14.5. The summed E-state index contributed by atoms with van der Waals surface area (Å²) in [4.78, 5) is 16.3. The van der Waals surface area contributed by atoms with Gasteiger partial charge in [-0.15, -0.1) is 0 Å². The van der Waals surface area contributed by atoms with Crippen LogP contribution in [0, 0.1) is 6.92 Å². The molecule has 1 fully saturated rings. The van der Waals surface area contributed by atoms with Crippen molar-refractivity contribution in [3.63, 3.8) is 0 Å². The molecule has 4 aromatic rings.